The van der Waals surface area contributed by atoms with Crippen molar-refractivity contribution in [2.45, 2.75) is 233 Å². The molecule has 0 amide bonds. The van der Waals surface area contributed by atoms with Gasteiger partial charge in [0, 0.05) is 11.9 Å². The second-order valence-corrected chi connectivity index (χ2v) is 19.0. The molecule has 0 N–H and O–H groups in total. The molecule has 2 unspecified atom stereocenters. The predicted molar refractivity (Wildman–Crippen MR) is 216 cm³/mol. The van der Waals surface area contributed by atoms with Crippen LogP contribution in [0.5, 0.6) is 0 Å². The lowest BCUT2D eigenvalue weighted by Crippen LogP contribution is -2.40. The van der Waals surface area contributed by atoms with E-state index in [0.717, 1.165) is 31.4 Å². The summed E-state index contributed by atoms with van der Waals surface area (Å²) in [7, 11) is -2.24. The molecule has 0 fully saturated rings. The second kappa shape index (κ2) is 37.6. The van der Waals surface area contributed by atoms with E-state index in [0.29, 0.717) is 5.92 Å². The zero-order valence-electron chi connectivity index (χ0n) is 32.7. The van der Waals surface area contributed by atoms with Gasteiger partial charge >= 0.3 is 8.56 Å². The van der Waals surface area contributed by atoms with Gasteiger partial charge in [0.15, 0.2) is 0 Å². The highest BCUT2D eigenvalue weighted by molar-refractivity contribution is 9.09. The number of allylic oxidation sites excluding steroid dienone is 2. The minimum atomic E-state index is -2.24. The summed E-state index contributed by atoms with van der Waals surface area (Å²) in [4.78, 5) is 0. The van der Waals surface area contributed by atoms with Gasteiger partial charge in [0.25, 0.3) is 0 Å². The summed E-state index contributed by atoms with van der Waals surface area (Å²) in [6.45, 7) is 13.0. The largest absolute Gasteiger partial charge is 0.394 e. The molecular weight excluding hydrogens is 660 g/mol. The van der Waals surface area contributed by atoms with E-state index in [9.17, 15) is 0 Å². The lowest BCUT2D eigenvalue weighted by molar-refractivity contribution is -0.114. The molecule has 0 saturated heterocycles. The van der Waals surface area contributed by atoms with Crippen molar-refractivity contribution in [3.8, 4) is 0 Å². The molecule has 0 spiro atoms. The molecule has 0 bridgehead atoms. The molecule has 0 heterocycles. The third kappa shape index (κ3) is 35.9. The first-order valence-corrected chi connectivity index (χ1v) is 25.1. The van der Waals surface area contributed by atoms with Crippen molar-refractivity contribution < 1.29 is 13.6 Å². The van der Waals surface area contributed by atoms with E-state index < -0.39 is 8.56 Å². The van der Waals surface area contributed by atoms with Crippen LogP contribution in [0, 0.1) is 5.92 Å². The molecule has 3 nitrogen and oxygen atoms in total. The molecular formula is C42H85BrO3Si. The SMILES string of the molecule is CCCCCCCC/C=C\CCCCCCCC(OCC(CCCCCC)CCCCCCCC)O[Si](C)(C)OCCCCCCBr. The number of rotatable bonds is 39. The van der Waals surface area contributed by atoms with Crippen molar-refractivity contribution in [2.75, 3.05) is 18.5 Å². The Balaban J connectivity index is 4.69. The Hall–Kier alpha value is 0.317. The third-order valence-electron chi connectivity index (χ3n) is 9.54. The van der Waals surface area contributed by atoms with Crippen LogP contribution in [0.2, 0.25) is 13.1 Å². The van der Waals surface area contributed by atoms with E-state index in [1.165, 1.54) is 180 Å². The van der Waals surface area contributed by atoms with Gasteiger partial charge in [0.1, 0.15) is 6.29 Å². The van der Waals surface area contributed by atoms with Crippen LogP contribution >= 0.6 is 15.9 Å². The van der Waals surface area contributed by atoms with E-state index in [-0.39, 0.29) is 6.29 Å². The van der Waals surface area contributed by atoms with Gasteiger partial charge in [-0.05, 0) is 83.2 Å². The molecule has 0 aromatic carbocycles. The minimum Gasteiger partial charge on any atom is -0.394 e. The smallest absolute Gasteiger partial charge is 0.333 e. The normalized spacial score (nSPS) is 13.6. The topological polar surface area (TPSA) is 27.7 Å². The fourth-order valence-corrected chi connectivity index (χ4v) is 8.32. The molecule has 0 rings (SSSR count). The molecule has 282 valence electrons. The maximum atomic E-state index is 6.73. The van der Waals surface area contributed by atoms with Gasteiger partial charge in [0.05, 0.1) is 6.61 Å². The molecule has 0 aromatic heterocycles. The van der Waals surface area contributed by atoms with Crippen LogP contribution in [0.15, 0.2) is 12.2 Å². The first-order valence-electron chi connectivity index (χ1n) is 21.1. The molecule has 0 radical (unpaired) electrons. The zero-order chi connectivity index (χ0) is 34.5. The third-order valence-corrected chi connectivity index (χ3v) is 11.8. The lowest BCUT2D eigenvalue weighted by Gasteiger charge is -2.30. The lowest BCUT2D eigenvalue weighted by atomic mass is 9.95. The molecule has 0 aliphatic carbocycles. The van der Waals surface area contributed by atoms with E-state index in [1.807, 2.05) is 0 Å². The second-order valence-electron chi connectivity index (χ2n) is 14.9. The Labute approximate surface area is 306 Å². The fourth-order valence-electron chi connectivity index (χ4n) is 6.40. The maximum absolute atomic E-state index is 6.73. The van der Waals surface area contributed by atoms with Crippen LogP contribution in [0.1, 0.15) is 213 Å². The average molecular weight is 746 g/mol. The van der Waals surface area contributed by atoms with Crippen LogP contribution in [0.4, 0.5) is 0 Å². The van der Waals surface area contributed by atoms with Gasteiger partial charge in [-0.1, -0.05) is 177 Å². The Bertz CT molecular complexity index is 629. The minimum absolute atomic E-state index is 0.113. The Morgan fingerprint density at radius 3 is 1.47 bits per heavy atom. The van der Waals surface area contributed by atoms with Gasteiger partial charge in [0.2, 0.25) is 0 Å². The molecule has 0 aliphatic heterocycles. The summed E-state index contributed by atoms with van der Waals surface area (Å²) in [6.07, 6.45) is 44.2. The summed E-state index contributed by atoms with van der Waals surface area (Å²) in [5, 5.41) is 1.10. The highest BCUT2D eigenvalue weighted by Gasteiger charge is 2.29. The molecule has 0 saturated carbocycles. The number of unbranched alkanes of at least 4 members (excludes halogenated alkanes) is 22. The highest BCUT2D eigenvalue weighted by atomic mass is 79.9. The Morgan fingerprint density at radius 1 is 0.511 bits per heavy atom. The quantitative estimate of drug-likeness (QED) is 0.0206. The Morgan fingerprint density at radius 2 is 0.936 bits per heavy atom. The van der Waals surface area contributed by atoms with Crippen LogP contribution in [0.25, 0.3) is 0 Å². The van der Waals surface area contributed by atoms with E-state index in [1.54, 1.807) is 0 Å². The van der Waals surface area contributed by atoms with Crippen molar-refractivity contribution in [2.24, 2.45) is 5.92 Å². The van der Waals surface area contributed by atoms with Crippen molar-refractivity contribution >= 4 is 24.5 Å². The molecule has 2 atom stereocenters. The predicted octanol–water partition coefficient (Wildman–Crippen LogP) is 15.4. The number of hydrogen-bond donors (Lipinski definition) is 0. The molecule has 47 heavy (non-hydrogen) atoms. The van der Waals surface area contributed by atoms with E-state index in [4.69, 9.17) is 13.6 Å². The van der Waals surface area contributed by atoms with E-state index >= 15 is 0 Å². The summed E-state index contributed by atoms with van der Waals surface area (Å²) in [5.74, 6) is 0.665. The van der Waals surface area contributed by atoms with Gasteiger partial charge < -0.3 is 13.6 Å². The summed E-state index contributed by atoms with van der Waals surface area (Å²) in [6, 6.07) is 0. The van der Waals surface area contributed by atoms with Gasteiger partial charge in [-0.3, -0.25) is 0 Å². The monoisotopic (exact) mass is 745 g/mol. The first-order chi connectivity index (χ1) is 23.0. The Kier molecular flexibility index (Phi) is 37.8. The van der Waals surface area contributed by atoms with Gasteiger partial charge in [-0.15, -0.1) is 0 Å². The van der Waals surface area contributed by atoms with Crippen molar-refractivity contribution in [1.82, 2.24) is 0 Å². The van der Waals surface area contributed by atoms with Crippen molar-refractivity contribution in [3.05, 3.63) is 12.2 Å². The number of alkyl halides is 1. The van der Waals surface area contributed by atoms with Crippen LogP contribution in [0.3, 0.4) is 0 Å². The molecule has 0 aromatic rings. The zero-order valence-corrected chi connectivity index (χ0v) is 35.3. The number of halogens is 1. The van der Waals surface area contributed by atoms with Crippen molar-refractivity contribution in [1.29, 1.82) is 0 Å². The summed E-state index contributed by atoms with van der Waals surface area (Å²) >= 11 is 3.55. The molecule has 0 aliphatic rings. The maximum Gasteiger partial charge on any atom is 0.333 e. The van der Waals surface area contributed by atoms with Gasteiger partial charge in [-0.2, -0.15) is 0 Å². The first kappa shape index (κ1) is 47.3. The standard InChI is InChI=1S/C42H85BrO3Si/c1-6-9-12-15-17-18-19-20-21-22-23-24-25-27-32-37-42(46-47(4,5)45-39-34-29-28-33-38-43)44-40-41(35-30-14-11-8-3)36-31-26-16-13-10-7-2/h20-21,41-42H,6-19,22-40H2,1-5H3/b21-20-. The average Bonchev–Trinajstić information content (AvgIpc) is 3.06. The highest BCUT2D eigenvalue weighted by Crippen LogP contribution is 2.23. The van der Waals surface area contributed by atoms with Crippen molar-refractivity contribution in [3.63, 3.8) is 0 Å². The summed E-state index contributed by atoms with van der Waals surface area (Å²) < 4.78 is 19.8. The van der Waals surface area contributed by atoms with Crippen LogP contribution < -0.4 is 0 Å². The fraction of sp³-hybridized carbons (Fsp3) is 0.952. The van der Waals surface area contributed by atoms with E-state index in [2.05, 4.69) is 61.9 Å². The number of ether oxygens (including phenoxy) is 1. The summed E-state index contributed by atoms with van der Waals surface area (Å²) in [5.41, 5.74) is 0. The van der Waals surface area contributed by atoms with Crippen LogP contribution in [-0.4, -0.2) is 33.4 Å². The molecule has 5 heteroatoms. The number of hydrogen-bond acceptors (Lipinski definition) is 3. The van der Waals surface area contributed by atoms with Crippen LogP contribution in [-0.2, 0) is 13.6 Å². The van der Waals surface area contributed by atoms with Gasteiger partial charge in [-0.25, -0.2) is 0 Å².